The van der Waals surface area contributed by atoms with Gasteiger partial charge in [0, 0.05) is 17.7 Å². The Bertz CT molecular complexity index is 478. The highest BCUT2D eigenvalue weighted by Crippen LogP contribution is 2.26. The molecule has 15 heavy (non-hydrogen) atoms. The molecule has 0 aliphatic heterocycles. The van der Waals surface area contributed by atoms with E-state index in [0.717, 1.165) is 17.8 Å². The van der Waals surface area contributed by atoms with Gasteiger partial charge in [-0.05, 0) is 18.2 Å². The summed E-state index contributed by atoms with van der Waals surface area (Å²) in [6.45, 7) is 2.01. The molecule has 1 heterocycles. The minimum Gasteiger partial charge on any atom is -0.399 e. The minimum atomic E-state index is 0.566. The van der Waals surface area contributed by atoms with E-state index in [-0.39, 0.29) is 0 Å². The normalized spacial score (nSPS) is 10.5. The lowest BCUT2D eigenvalue weighted by molar-refractivity contribution is 0.946. The van der Waals surface area contributed by atoms with Crippen LogP contribution >= 0.6 is 11.6 Å². The predicted octanol–water partition coefficient (Wildman–Crippen LogP) is 2.27. The third-order valence-electron chi connectivity index (χ3n) is 2.10. The molecule has 0 bridgehead atoms. The first kappa shape index (κ1) is 9.98. The third-order valence-corrected chi connectivity index (χ3v) is 2.41. The number of aromatic nitrogens is 3. The van der Waals surface area contributed by atoms with Crippen LogP contribution < -0.4 is 5.73 Å². The first-order chi connectivity index (χ1) is 7.20. The molecule has 0 atom stereocenters. The van der Waals surface area contributed by atoms with Crippen LogP contribution in [0.25, 0.3) is 11.4 Å². The second kappa shape index (κ2) is 3.90. The van der Waals surface area contributed by atoms with Crippen LogP contribution in [-0.4, -0.2) is 15.2 Å². The van der Waals surface area contributed by atoms with Gasteiger partial charge in [0.2, 0.25) is 0 Å². The molecule has 0 saturated carbocycles. The van der Waals surface area contributed by atoms with Crippen LogP contribution in [-0.2, 0) is 6.42 Å². The van der Waals surface area contributed by atoms with Crippen molar-refractivity contribution in [3.63, 3.8) is 0 Å². The van der Waals surface area contributed by atoms with Gasteiger partial charge in [-0.25, -0.2) is 4.98 Å². The zero-order valence-electron chi connectivity index (χ0n) is 8.29. The Hall–Kier alpha value is -1.55. The van der Waals surface area contributed by atoms with Gasteiger partial charge in [0.05, 0.1) is 5.02 Å². The summed E-state index contributed by atoms with van der Waals surface area (Å²) >= 11 is 6.04. The lowest BCUT2D eigenvalue weighted by atomic mass is 10.2. The molecule has 0 fully saturated rings. The fourth-order valence-corrected chi connectivity index (χ4v) is 1.56. The Morgan fingerprint density at radius 2 is 2.27 bits per heavy atom. The van der Waals surface area contributed by atoms with Gasteiger partial charge in [-0.15, -0.1) is 0 Å². The molecule has 2 rings (SSSR count). The van der Waals surface area contributed by atoms with Crippen molar-refractivity contribution < 1.29 is 0 Å². The summed E-state index contributed by atoms with van der Waals surface area (Å²) in [5.41, 5.74) is 7.03. The molecule has 0 amide bonds. The number of H-pyrrole nitrogens is 1. The van der Waals surface area contributed by atoms with Crippen LogP contribution in [0.1, 0.15) is 12.7 Å². The Morgan fingerprint density at radius 1 is 1.47 bits per heavy atom. The SMILES string of the molecule is CCc1nc(-c2ccc(N)cc2Cl)n[nH]1. The van der Waals surface area contributed by atoms with E-state index in [2.05, 4.69) is 15.2 Å². The highest BCUT2D eigenvalue weighted by atomic mass is 35.5. The maximum absolute atomic E-state index is 6.04. The first-order valence-electron chi connectivity index (χ1n) is 4.67. The molecule has 0 aliphatic carbocycles. The highest BCUT2D eigenvalue weighted by Gasteiger charge is 2.08. The van der Waals surface area contributed by atoms with Gasteiger partial charge >= 0.3 is 0 Å². The van der Waals surface area contributed by atoms with Crippen molar-refractivity contribution in [1.29, 1.82) is 0 Å². The third kappa shape index (κ3) is 1.94. The molecule has 2 aromatic rings. The highest BCUT2D eigenvalue weighted by molar-refractivity contribution is 6.33. The number of nitrogens with zero attached hydrogens (tertiary/aromatic N) is 2. The summed E-state index contributed by atoms with van der Waals surface area (Å²) in [4.78, 5) is 4.30. The molecular formula is C10H11ClN4. The molecule has 0 saturated heterocycles. The van der Waals surface area contributed by atoms with Crippen LogP contribution in [0, 0.1) is 0 Å². The number of anilines is 1. The van der Waals surface area contributed by atoms with Crippen molar-refractivity contribution >= 4 is 17.3 Å². The number of aromatic amines is 1. The fraction of sp³-hybridized carbons (Fsp3) is 0.200. The van der Waals surface area contributed by atoms with Crippen molar-refractivity contribution in [2.45, 2.75) is 13.3 Å². The summed E-state index contributed by atoms with van der Waals surface area (Å²) in [5.74, 6) is 1.45. The quantitative estimate of drug-likeness (QED) is 0.766. The van der Waals surface area contributed by atoms with E-state index in [1.807, 2.05) is 13.0 Å². The van der Waals surface area contributed by atoms with Gasteiger partial charge in [-0.1, -0.05) is 18.5 Å². The van der Waals surface area contributed by atoms with E-state index in [4.69, 9.17) is 17.3 Å². The lowest BCUT2D eigenvalue weighted by Crippen LogP contribution is -1.87. The van der Waals surface area contributed by atoms with Crippen molar-refractivity contribution in [2.75, 3.05) is 5.73 Å². The molecular weight excluding hydrogens is 212 g/mol. The number of benzene rings is 1. The van der Waals surface area contributed by atoms with Crippen molar-refractivity contribution in [2.24, 2.45) is 0 Å². The smallest absolute Gasteiger partial charge is 0.182 e. The number of hydrogen-bond donors (Lipinski definition) is 2. The fourth-order valence-electron chi connectivity index (χ4n) is 1.29. The number of hydrogen-bond acceptors (Lipinski definition) is 3. The van der Waals surface area contributed by atoms with E-state index in [1.54, 1.807) is 12.1 Å². The lowest BCUT2D eigenvalue weighted by Gasteiger charge is -1.99. The summed E-state index contributed by atoms with van der Waals surface area (Å²) < 4.78 is 0. The largest absolute Gasteiger partial charge is 0.399 e. The number of nitrogen functional groups attached to an aromatic ring is 1. The Morgan fingerprint density at radius 3 is 2.87 bits per heavy atom. The van der Waals surface area contributed by atoms with Crippen molar-refractivity contribution in [3.05, 3.63) is 29.0 Å². The minimum absolute atomic E-state index is 0.566. The van der Waals surface area contributed by atoms with Crippen LogP contribution in [0.2, 0.25) is 5.02 Å². The number of rotatable bonds is 2. The maximum Gasteiger partial charge on any atom is 0.182 e. The molecule has 5 heteroatoms. The van der Waals surface area contributed by atoms with E-state index in [9.17, 15) is 0 Å². The number of nitrogens with two attached hydrogens (primary N) is 1. The second-order valence-corrected chi connectivity index (χ2v) is 3.61. The summed E-state index contributed by atoms with van der Waals surface area (Å²) in [7, 11) is 0. The second-order valence-electron chi connectivity index (χ2n) is 3.20. The van der Waals surface area contributed by atoms with Crippen molar-refractivity contribution in [3.8, 4) is 11.4 Å². The number of aryl methyl sites for hydroxylation is 1. The number of halogens is 1. The monoisotopic (exact) mass is 222 g/mol. The van der Waals surface area contributed by atoms with Gasteiger partial charge in [0.1, 0.15) is 5.82 Å². The zero-order valence-corrected chi connectivity index (χ0v) is 9.04. The first-order valence-corrected chi connectivity index (χ1v) is 5.05. The average Bonchev–Trinajstić information content (AvgIpc) is 2.66. The summed E-state index contributed by atoms with van der Waals surface area (Å²) in [6.07, 6.45) is 0.819. The Labute approximate surface area is 92.5 Å². The summed E-state index contributed by atoms with van der Waals surface area (Å²) in [6, 6.07) is 5.29. The van der Waals surface area contributed by atoms with E-state index < -0.39 is 0 Å². The van der Waals surface area contributed by atoms with Crippen molar-refractivity contribution in [1.82, 2.24) is 15.2 Å². The van der Waals surface area contributed by atoms with Crippen LogP contribution in [0.3, 0.4) is 0 Å². The van der Waals surface area contributed by atoms with E-state index in [0.29, 0.717) is 16.5 Å². The van der Waals surface area contributed by atoms with Gasteiger partial charge in [0.25, 0.3) is 0 Å². The molecule has 0 radical (unpaired) electrons. The van der Waals surface area contributed by atoms with E-state index >= 15 is 0 Å². The van der Waals surface area contributed by atoms with Crippen LogP contribution in [0.4, 0.5) is 5.69 Å². The van der Waals surface area contributed by atoms with Gasteiger partial charge in [0.15, 0.2) is 5.82 Å². The molecule has 3 N–H and O–H groups in total. The standard InChI is InChI=1S/C10H11ClN4/c1-2-9-13-10(15-14-9)7-4-3-6(12)5-8(7)11/h3-5H,2,12H2,1H3,(H,13,14,15). The molecule has 4 nitrogen and oxygen atoms in total. The molecule has 0 unspecified atom stereocenters. The van der Waals surface area contributed by atoms with Gasteiger partial charge in [-0.2, -0.15) is 5.10 Å². The van der Waals surface area contributed by atoms with Gasteiger partial charge < -0.3 is 5.73 Å². The average molecular weight is 223 g/mol. The van der Waals surface area contributed by atoms with Crippen LogP contribution in [0.5, 0.6) is 0 Å². The number of nitrogens with one attached hydrogen (secondary N) is 1. The molecule has 0 aliphatic rings. The Balaban J connectivity index is 2.44. The van der Waals surface area contributed by atoms with E-state index in [1.165, 1.54) is 0 Å². The molecule has 1 aromatic heterocycles. The molecule has 1 aromatic carbocycles. The molecule has 0 spiro atoms. The zero-order chi connectivity index (χ0) is 10.8. The summed E-state index contributed by atoms with van der Waals surface area (Å²) in [5, 5.41) is 7.50. The Kier molecular flexibility index (Phi) is 2.60. The molecule has 78 valence electrons. The maximum atomic E-state index is 6.04. The predicted molar refractivity (Wildman–Crippen MR) is 60.6 cm³/mol. The van der Waals surface area contributed by atoms with Gasteiger partial charge in [-0.3, -0.25) is 5.10 Å². The van der Waals surface area contributed by atoms with Crippen LogP contribution in [0.15, 0.2) is 18.2 Å². The topological polar surface area (TPSA) is 67.6 Å².